The molecule has 0 aliphatic carbocycles. The van der Waals surface area contributed by atoms with Gasteiger partial charge in [-0.3, -0.25) is 0 Å². The van der Waals surface area contributed by atoms with Crippen molar-refractivity contribution in [2.75, 3.05) is 7.11 Å². The fraction of sp³-hybridized carbons (Fsp3) is 0.600. The van der Waals surface area contributed by atoms with Crippen LogP contribution >= 0.6 is 0 Å². The number of rotatable bonds is 3. The molecular formula is C15H20BF3O4. The largest absolute Gasteiger partial charge is 0.573 e. The van der Waals surface area contributed by atoms with E-state index in [1.165, 1.54) is 19.2 Å². The maximum Gasteiger partial charge on any atom is 0.573 e. The zero-order valence-electron chi connectivity index (χ0n) is 14.0. The first-order valence-corrected chi connectivity index (χ1v) is 7.16. The Labute approximate surface area is 134 Å². The summed E-state index contributed by atoms with van der Waals surface area (Å²) in [4.78, 5) is 0. The molecule has 1 saturated heterocycles. The maximum absolute atomic E-state index is 12.4. The highest BCUT2D eigenvalue weighted by molar-refractivity contribution is 6.63. The Balaban J connectivity index is 2.41. The molecule has 1 aliphatic rings. The van der Waals surface area contributed by atoms with Crippen molar-refractivity contribution < 1.29 is 32.0 Å². The van der Waals surface area contributed by atoms with Crippen LogP contribution in [-0.2, 0) is 9.31 Å². The van der Waals surface area contributed by atoms with Gasteiger partial charge >= 0.3 is 13.5 Å². The van der Waals surface area contributed by atoms with E-state index in [1.54, 1.807) is 6.92 Å². The lowest BCUT2D eigenvalue weighted by Gasteiger charge is -2.32. The van der Waals surface area contributed by atoms with Crippen molar-refractivity contribution in [2.45, 2.75) is 52.2 Å². The van der Waals surface area contributed by atoms with Crippen LogP contribution in [0, 0.1) is 6.92 Å². The lowest BCUT2D eigenvalue weighted by Crippen LogP contribution is -2.41. The predicted molar refractivity (Wildman–Crippen MR) is 80.1 cm³/mol. The van der Waals surface area contributed by atoms with Crippen molar-refractivity contribution in [2.24, 2.45) is 0 Å². The van der Waals surface area contributed by atoms with Gasteiger partial charge in [0, 0.05) is 11.5 Å². The van der Waals surface area contributed by atoms with Gasteiger partial charge in [0.15, 0.2) is 0 Å². The fourth-order valence-electron chi connectivity index (χ4n) is 2.36. The van der Waals surface area contributed by atoms with Crippen LogP contribution in [0.15, 0.2) is 12.1 Å². The summed E-state index contributed by atoms with van der Waals surface area (Å²) in [6, 6.07) is 2.47. The van der Waals surface area contributed by atoms with Crippen molar-refractivity contribution in [1.82, 2.24) is 0 Å². The molecule has 0 unspecified atom stereocenters. The van der Waals surface area contributed by atoms with E-state index in [0.29, 0.717) is 11.0 Å². The Morgan fingerprint density at radius 1 is 1.04 bits per heavy atom. The van der Waals surface area contributed by atoms with Crippen molar-refractivity contribution in [3.63, 3.8) is 0 Å². The average molecular weight is 332 g/mol. The predicted octanol–water partition coefficient (Wildman–Crippen LogP) is 3.20. The number of methoxy groups -OCH3 is 1. The van der Waals surface area contributed by atoms with E-state index >= 15 is 0 Å². The van der Waals surface area contributed by atoms with Crippen LogP contribution in [0.5, 0.6) is 11.5 Å². The van der Waals surface area contributed by atoms with Gasteiger partial charge in [-0.15, -0.1) is 13.2 Å². The van der Waals surface area contributed by atoms with E-state index in [4.69, 9.17) is 14.0 Å². The fourth-order valence-corrected chi connectivity index (χ4v) is 2.36. The van der Waals surface area contributed by atoms with Gasteiger partial charge in [-0.1, -0.05) is 0 Å². The van der Waals surface area contributed by atoms with E-state index in [0.717, 1.165) is 0 Å². The second kappa shape index (κ2) is 5.59. The minimum atomic E-state index is -4.76. The van der Waals surface area contributed by atoms with Crippen molar-refractivity contribution in [1.29, 1.82) is 0 Å². The van der Waals surface area contributed by atoms with Crippen LogP contribution in [0.3, 0.4) is 0 Å². The first kappa shape index (κ1) is 17.9. The van der Waals surface area contributed by atoms with Crippen LogP contribution in [0.1, 0.15) is 33.3 Å². The number of alkyl halides is 3. The number of hydrogen-bond donors (Lipinski definition) is 0. The van der Waals surface area contributed by atoms with Crippen LogP contribution in [0.25, 0.3) is 0 Å². The zero-order valence-corrected chi connectivity index (χ0v) is 14.0. The molecule has 0 amide bonds. The van der Waals surface area contributed by atoms with E-state index in [9.17, 15) is 13.2 Å². The summed E-state index contributed by atoms with van der Waals surface area (Å²) in [5, 5.41) is 0. The molecule has 2 rings (SSSR count). The molecule has 0 saturated carbocycles. The molecule has 0 aromatic heterocycles. The second-order valence-electron chi connectivity index (χ2n) is 6.49. The smallest absolute Gasteiger partial charge is 0.497 e. The number of ether oxygens (including phenoxy) is 2. The molecule has 1 heterocycles. The lowest BCUT2D eigenvalue weighted by molar-refractivity contribution is -0.274. The molecular weight excluding hydrogens is 312 g/mol. The Morgan fingerprint density at radius 3 is 2.00 bits per heavy atom. The maximum atomic E-state index is 12.4. The molecule has 0 atom stereocenters. The Bertz CT molecular complexity index is 583. The summed E-state index contributed by atoms with van der Waals surface area (Å²) >= 11 is 0. The summed E-state index contributed by atoms with van der Waals surface area (Å²) in [5.74, 6) is -0.116. The average Bonchev–Trinajstić information content (AvgIpc) is 2.54. The first-order valence-electron chi connectivity index (χ1n) is 7.16. The molecule has 1 aliphatic heterocycles. The van der Waals surface area contributed by atoms with Gasteiger partial charge in [0.1, 0.15) is 11.5 Å². The van der Waals surface area contributed by atoms with Crippen LogP contribution in [0.4, 0.5) is 13.2 Å². The van der Waals surface area contributed by atoms with Gasteiger partial charge < -0.3 is 18.8 Å². The second-order valence-corrected chi connectivity index (χ2v) is 6.49. The monoisotopic (exact) mass is 332 g/mol. The first-order chi connectivity index (χ1) is 10.4. The minimum absolute atomic E-state index is 0.225. The normalized spacial score (nSPS) is 19.8. The Kier molecular flexibility index (Phi) is 4.36. The quantitative estimate of drug-likeness (QED) is 0.797. The summed E-state index contributed by atoms with van der Waals surface area (Å²) in [5.41, 5.74) is -0.0326. The SMILES string of the molecule is COc1cc(OC(F)(F)F)cc(C)c1B1OC(C)(C)C(C)(C)O1. The molecule has 8 heteroatoms. The van der Waals surface area contributed by atoms with E-state index in [2.05, 4.69) is 4.74 Å². The van der Waals surface area contributed by atoms with Crippen LogP contribution < -0.4 is 14.9 Å². The van der Waals surface area contributed by atoms with Crippen molar-refractivity contribution in [3.8, 4) is 11.5 Å². The van der Waals surface area contributed by atoms with Gasteiger partial charge in [0.2, 0.25) is 0 Å². The standard InChI is InChI=1S/C15H20BF3O4/c1-9-7-10(21-15(17,18)19)8-11(20-6)12(9)16-22-13(2,3)14(4,5)23-16/h7-8H,1-6H3. The zero-order chi connectivity index (χ0) is 17.6. The lowest BCUT2D eigenvalue weighted by atomic mass is 9.75. The third-order valence-corrected chi connectivity index (χ3v) is 4.26. The Hall–Kier alpha value is -1.41. The number of hydrogen-bond acceptors (Lipinski definition) is 4. The minimum Gasteiger partial charge on any atom is -0.497 e. The van der Waals surface area contributed by atoms with Crippen LogP contribution in [0.2, 0.25) is 0 Å². The Morgan fingerprint density at radius 2 is 1.57 bits per heavy atom. The van der Waals surface area contributed by atoms with Gasteiger partial charge in [0.25, 0.3) is 0 Å². The molecule has 0 spiro atoms. The number of aryl methyl sites for hydroxylation is 1. The van der Waals surface area contributed by atoms with E-state index in [1.807, 2.05) is 27.7 Å². The van der Waals surface area contributed by atoms with Gasteiger partial charge in [-0.2, -0.15) is 0 Å². The third-order valence-electron chi connectivity index (χ3n) is 4.26. The topological polar surface area (TPSA) is 36.9 Å². The molecule has 23 heavy (non-hydrogen) atoms. The highest BCUT2D eigenvalue weighted by Crippen LogP contribution is 2.38. The molecule has 1 aromatic carbocycles. The molecule has 4 nitrogen and oxygen atoms in total. The molecule has 0 N–H and O–H groups in total. The third kappa shape index (κ3) is 3.58. The molecule has 128 valence electrons. The van der Waals surface area contributed by atoms with Gasteiger partial charge in [0.05, 0.1) is 18.3 Å². The summed E-state index contributed by atoms with van der Waals surface area (Å²) in [6.07, 6.45) is -4.76. The molecule has 0 radical (unpaired) electrons. The van der Waals surface area contributed by atoms with Gasteiger partial charge in [-0.25, -0.2) is 0 Å². The highest BCUT2D eigenvalue weighted by Gasteiger charge is 2.53. The number of benzene rings is 1. The van der Waals surface area contributed by atoms with Crippen LogP contribution in [-0.4, -0.2) is 31.8 Å². The number of halogens is 3. The summed E-state index contributed by atoms with van der Waals surface area (Å²) in [6.45, 7) is 9.25. The molecule has 1 fully saturated rings. The molecule has 0 bridgehead atoms. The van der Waals surface area contributed by atoms with Crippen molar-refractivity contribution >= 4 is 12.6 Å². The van der Waals surface area contributed by atoms with Crippen molar-refractivity contribution in [3.05, 3.63) is 17.7 Å². The van der Waals surface area contributed by atoms with E-state index in [-0.39, 0.29) is 11.5 Å². The summed E-state index contributed by atoms with van der Waals surface area (Å²) < 4.78 is 58.3. The summed E-state index contributed by atoms with van der Waals surface area (Å²) in [7, 11) is 0.649. The van der Waals surface area contributed by atoms with Gasteiger partial charge in [-0.05, 0) is 46.2 Å². The van der Waals surface area contributed by atoms with E-state index < -0.39 is 24.7 Å². The highest BCUT2D eigenvalue weighted by atomic mass is 19.4. The molecule has 1 aromatic rings.